The van der Waals surface area contributed by atoms with Gasteiger partial charge in [0, 0.05) is 6.54 Å². The number of nitrogens with two attached hydrogens (primary N) is 1. The SMILES string of the molecule is NC[C@H](O)c1ccc2c(c1)CCC2. The first kappa shape index (κ1) is 8.73. The second-order valence-corrected chi connectivity index (χ2v) is 3.63. The molecule has 0 aromatic heterocycles. The van der Waals surface area contributed by atoms with E-state index in [9.17, 15) is 5.11 Å². The molecule has 0 fully saturated rings. The third-order valence-corrected chi connectivity index (χ3v) is 2.73. The van der Waals surface area contributed by atoms with E-state index in [-0.39, 0.29) is 0 Å². The van der Waals surface area contributed by atoms with E-state index in [0.29, 0.717) is 6.54 Å². The number of aliphatic hydroxyl groups excluding tert-OH is 1. The predicted molar refractivity (Wildman–Crippen MR) is 52.5 cm³/mol. The van der Waals surface area contributed by atoms with Crippen LogP contribution in [0.2, 0.25) is 0 Å². The molecule has 0 aliphatic heterocycles. The molecule has 0 spiro atoms. The number of aryl methyl sites for hydroxylation is 2. The maximum atomic E-state index is 9.54. The van der Waals surface area contributed by atoms with Gasteiger partial charge in [-0.15, -0.1) is 0 Å². The van der Waals surface area contributed by atoms with Gasteiger partial charge in [-0.05, 0) is 36.0 Å². The highest BCUT2D eigenvalue weighted by molar-refractivity contribution is 5.36. The van der Waals surface area contributed by atoms with Gasteiger partial charge in [0.1, 0.15) is 0 Å². The number of rotatable bonds is 2. The first-order valence-electron chi connectivity index (χ1n) is 4.81. The Morgan fingerprint density at radius 2 is 2.08 bits per heavy atom. The van der Waals surface area contributed by atoms with Gasteiger partial charge in [-0.25, -0.2) is 0 Å². The normalized spacial score (nSPS) is 17.1. The predicted octanol–water partition coefficient (Wildman–Crippen LogP) is 1.17. The lowest BCUT2D eigenvalue weighted by molar-refractivity contribution is 0.186. The van der Waals surface area contributed by atoms with Gasteiger partial charge in [0.15, 0.2) is 0 Å². The molecule has 1 aromatic rings. The van der Waals surface area contributed by atoms with Crippen molar-refractivity contribution in [2.75, 3.05) is 6.54 Å². The molecule has 70 valence electrons. The highest BCUT2D eigenvalue weighted by Crippen LogP contribution is 2.24. The Bertz CT molecular complexity index is 309. The van der Waals surface area contributed by atoms with Crippen LogP contribution in [0.1, 0.15) is 29.2 Å². The van der Waals surface area contributed by atoms with E-state index in [2.05, 4.69) is 12.1 Å². The monoisotopic (exact) mass is 177 g/mol. The van der Waals surface area contributed by atoms with E-state index in [1.807, 2.05) is 6.07 Å². The summed E-state index contributed by atoms with van der Waals surface area (Å²) in [5, 5.41) is 9.54. The lowest BCUT2D eigenvalue weighted by atomic mass is 10.0. The van der Waals surface area contributed by atoms with Gasteiger partial charge in [0.2, 0.25) is 0 Å². The van der Waals surface area contributed by atoms with Crippen LogP contribution in [0.5, 0.6) is 0 Å². The highest BCUT2D eigenvalue weighted by Gasteiger charge is 2.13. The molecule has 0 saturated heterocycles. The molecular weight excluding hydrogens is 162 g/mol. The van der Waals surface area contributed by atoms with E-state index in [0.717, 1.165) is 12.0 Å². The van der Waals surface area contributed by atoms with Crippen LogP contribution in [-0.4, -0.2) is 11.7 Å². The minimum Gasteiger partial charge on any atom is -0.387 e. The van der Waals surface area contributed by atoms with Crippen molar-refractivity contribution in [1.82, 2.24) is 0 Å². The molecule has 0 bridgehead atoms. The fraction of sp³-hybridized carbons (Fsp3) is 0.455. The molecule has 1 aliphatic carbocycles. The van der Waals surface area contributed by atoms with Crippen LogP contribution in [-0.2, 0) is 12.8 Å². The number of hydrogen-bond donors (Lipinski definition) is 2. The van der Waals surface area contributed by atoms with Crippen LogP contribution in [0, 0.1) is 0 Å². The Kier molecular flexibility index (Phi) is 2.34. The first-order chi connectivity index (χ1) is 6.31. The fourth-order valence-corrected chi connectivity index (χ4v) is 1.94. The van der Waals surface area contributed by atoms with Crippen molar-refractivity contribution >= 4 is 0 Å². The van der Waals surface area contributed by atoms with Crippen LogP contribution in [0.3, 0.4) is 0 Å². The fourth-order valence-electron chi connectivity index (χ4n) is 1.94. The topological polar surface area (TPSA) is 46.2 Å². The quantitative estimate of drug-likeness (QED) is 0.712. The molecule has 0 radical (unpaired) electrons. The van der Waals surface area contributed by atoms with Gasteiger partial charge in [0.05, 0.1) is 6.10 Å². The third kappa shape index (κ3) is 1.60. The van der Waals surface area contributed by atoms with E-state index >= 15 is 0 Å². The second-order valence-electron chi connectivity index (χ2n) is 3.63. The van der Waals surface area contributed by atoms with Crippen LogP contribution in [0.25, 0.3) is 0 Å². The zero-order chi connectivity index (χ0) is 9.26. The van der Waals surface area contributed by atoms with Gasteiger partial charge in [-0.3, -0.25) is 0 Å². The largest absolute Gasteiger partial charge is 0.387 e. The van der Waals surface area contributed by atoms with Crippen molar-refractivity contribution in [2.45, 2.75) is 25.4 Å². The summed E-state index contributed by atoms with van der Waals surface area (Å²) in [5.74, 6) is 0. The summed E-state index contributed by atoms with van der Waals surface area (Å²) < 4.78 is 0. The molecule has 0 saturated carbocycles. The summed E-state index contributed by atoms with van der Waals surface area (Å²) in [7, 11) is 0. The van der Waals surface area contributed by atoms with Crippen molar-refractivity contribution < 1.29 is 5.11 Å². The lowest BCUT2D eigenvalue weighted by Crippen LogP contribution is -2.11. The van der Waals surface area contributed by atoms with E-state index in [4.69, 9.17) is 5.73 Å². The summed E-state index contributed by atoms with van der Waals surface area (Å²) >= 11 is 0. The number of aliphatic hydroxyl groups is 1. The molecule has 1 atom stereocenters. The summed E-state index contributed by atoms with van der Waals surface area (Å²) in [4.78, 5) is 0. The summed E-state index contributed by atoms with van der Waals surface area (Å²) in [6.07, 6.45) is 3.10. The second kappa shape index (κ2) is 3.48. The maximum absolute atomic E-state index is 9.54. The molecule has 2 nitrogen and oxygen atoms in total. The highest BCUT2D eigenvalue weighted by atomic mass is 16.3. The van der Waals surface area contributed by atoms with E-state index in [1.165, 1.54) is 24.0 Å². The Labute approximate surface area is 78.4 Å². The van der Waals surface area contributed by atoms with Crippen molar-refractivity contribution in [1.29, 1.82) is 0 Å². The molecule has 1 aliphatic rings. The average molecular weight is 177 g/mol. The number of fused-ring (bicyclic) bond motifs is 1. The van der Waals surface area contributed by atoms with Gasteiger partial charge < -0.3 is 10.8 Å². The zero-order valence-corrected chi connectivity index (χ0v) is 7.66. The van der Waals surface area contributed by atoms with E-state index in [1.54, 1.807) is 0 Å². The molecule has 0 heterocycles. The van der Waals surface area contributed by atoms with Gasteiger partial charge >= 0.3 is 0 Å². The molecule has 0 unspecified atom stereocenters. The van der Waals surface area contributed by atoms with Gasteiger partial charge in [0.25, 0.3) is 0 Å². The minimum atomic E-state index is -0.495. The Morgan fingerprint density at radius 3 is 2.85 bits per heavy atom. The zero-order valence-electron chi connectivity index (χ0n) is 7.66. The Balaban J connectivity index is 2.30. The van der Waals surface area contributed by atoms with Crippen molar-refractivity contribution in [3.63, 3.8) is 0 Å². The smallest absolute Gasteiger partial charge is 0.0912 e. The van der Waals surface area contributed by atoms with Crippen LogP contribution < -0.4 is 5.73 Å². The minimum absolute atomic E-state index is 0.304. The number of benzene rings is 1. The van der Waals surface area contributed by atoms with Crippen LogP contribution >= 0.6 is 0 Å². The molecule has 0 amide bonds. The molecule has 13 heavy (non-hydrogen) atoms. The standard InChI is InChI=1S/C11H15NO/c12-7-11(13)10-5-4-8-2-1-3-9(8)6-10/h4-6,11,13H,1-3,7,12H2/t11-/m0/s1. The van der Waals surface area contributed by atoms with Gasteiger partial charge in [-0.1, -0.05) is 18.2 Å². The molecule has 2 heteroatoms. The third-order valence-electron chi connectivity index (χ3n) is 2.73. The number of hydrogen-bond acceptors (Lipinski definition) is 2. The molecule has 1 aromatic carbocycles. The van der Waals surface area contributed by atoms with Crippen molar-refractivity contribution in [3.8, 4) is 0 Å². The van der Waals surface area contributed by atoms with Crippen LogP contribution in [0.15, 0.2) is 18.2 Å². The summed E-state index contributed by atoms with van der Waals surface area (Å²) in [6, 6.07) is 6.21. The van der Waals surface area contributed by atoms with Crippen molar-refractivity contribution in [3.05, 3.63) is 34.9 Å². The molecular formula is C11H15NO. The molecule has 3 N–H and O–H groups in total. The Morgan fingerprint density at radius 1 is 1.31 bits per heavy atom. The molecule has 2 rings (SSSR count). The average Bonchev–Trinajstić information content (AvgIpc) is 2.63. The maximum Gasteiger partial charge on any atom is 0.0912 e. The summed E-state index contributed by atoms with van der Waals surface area (Å²) in [5.41, 5.74) is 9.19. The summed E-state index contributed by atoms with van der Waals surface area (Å²) in [6.45, 7) is 0.304. The van der Waals surface area contributed by atoms with Crippen molar-refractivity contribution in [2.24, 2.45) is 5.73 Å². The van der Waals surface area contributed by atoms with E-state index < -0.39 is 6.10 Å². The van der Waals surface area contributed by atoms with Crippen LogP contribution in [0.4, 0.5) is 0 Å². The Hall–Kier alpha value is -0.860. The lowest BCUT2D eigenvalue weighted by Gasteiger charge is -2.09. The first-order valence-corrected chi connectivity index (χ1v) is 4.81. The van der Waals surface area contributed by atoms with Gasteiger partial charge in [-0.2, -0.15) is 0 Å².